The van der Waals surface area contributed by atoms with Crippen LogP contribution in [0.15, 0.2) is 10.9 Å². The van der Waals surface area contributed by atoms with Crippen LogP contribution in [-0.2, 0) is 0 Å². The van der Waals surface area contributed by atoms with Crippen molar-refractivity contribution in [2.75, 3.05) is 0 Å². The average molecular weight is 287 g/mol. The zero-order valence-corrected chi connectivity index (χ0v) is 8.83. The monoisotopic (exact) mass is 286 g/mol. The van der Waals surface area contributed by atoms with E-state index in [0.717, 1.165) is 0 Å². The maximum absolute atomic E-state index is 12.0. The first-order valence-electron chi connectivity index (χ1n) is 3.99. The Bertz CT molecular complexity index is 567. The number of ether oxygens (including phenoxy) is 1. The quantitative estimate of drug-likeness (QED) is 0.516. The fourth-order valence-corrected chi connectivity index (χ4v) is 1.11. The van der Waals surface area contributed by atoms with Crippen LogP contribution in [0, 0.1) is 10.1 Å². The molecule has 0 saturated heterocycles. The predicted molar refractivity (Wildman–Crippen MR) is 50.6 cm³/mol. The molecule has 0 aliphatic heterocycles. The Kier molecular flexibility index (Phi) is 3.60. The molecule has 0 aliphatic rings. The first kappa shape index (κ1) is 14.0. The third kappa shape index (κ3) is 3.20. The van der Waals surface area contributed by atoms with Crippen LogP contribution in [0.1, 0.15) is 10.5 Å². The Morgan fingerprint density at radius 1 is 1.50 bits per heavy atom. The van der Waals surface area contributed by atoms with Gasteiger partial charge >= 0.3 is 17.6 Å². The van der Waals surface area contributed by atoms with Crippen LogP contribution in [0.5, 0.6) is 5.75 Å². The van der Waals surface area contributed by atoms with Gasteiger partial charge in [-0.2, -0.15) is 0 Å². The van der Waals surface area contributed by atoms with Gasteiger partial charge in [-0.3, -0.25) is 19.7 Å². The summed E-state index contributed by atoms with van der Waals surface area (Å²) >= 11 is 4.93. The van der Waals surface area contributed by atoms with E-state index in [9.17, 15) is 32.9 Å². The highest BCUT2D eigenvalue weighted by Gasteiger charge is 2.36. The number of pyridine rings is 1. The number of nitrogens with one attached hydrogen (secondary N) is 1. The van der Waals surface area contributed by atoms with E-state index in [4.69, 9.17) is 11.6 Å². The van der Waals surface area contributed by atoms with Crippen molar-refractivity contribution in [2.45, 2.75) is 6.36 Å². The summed E-state index contributed by atoms with van der Waals surface area (Å²) in [4.78, 5) is 32.5. The molecule has 11 heteroatoms. The second-order valence-corrected chi connectivity index (χ2v) is 3.15. The van der Waals surface area contributed by atoms with E-state index in [1.165, 1.54) is 0 Å². The molecule has 0 radical (unpaired) electrons. The summed E-state index contributed by atoms with van der Waals surface area (Å²) in [6.07, 6.45) is -5.26. The van der Waals surface area contributed by atoms with Crippen molar-refractivity contribution in [2.24, 2.45) is 0 Å². The number of aromatic amines is 1. The molecule has 0 saturated carbocycles. The largest absolute Gasteiger partial charge is 0.573 e. The molecule has 1 rings (SSSR count). The Balaban J connectivity index is 3.48. The Morgan fingerprint density at radius 3 is 2.44 bits per heavy atom. The number of aromatic nitrogens is 1. The van der Waals surface area contributed by atoms with Gasteiger partial charge in [0.25, 0.3) is 5.24 Å². The van der Waals surface area contributed by atoms with Crippen LogP contribution in [0.4, 0.5) is 18.9 Å². The highest BCUT2D eigenvalue weighted by atomic mass is 35.5. The van der Waals surface area contributed by atoms with Gasteiger partial charge in [0, 0.05) is 6.07 Å². The van der Waals surface area contributed by atoms with E-state index in [1.807, 2.05) is 0 Å². The normalized spacial score (nSPS) is 11.1. The van der Waals surface area contributed by atoms with Crippen molar-refractivity contribution in [1.82, 2.24) is 4.98 Å². The number of carbonyl (C=O) groups is 1. The Morgan fingerprint density at radius 2 is 2.06 bits per heavy atom. The molecule has 0 spiro atoms. The molecule has 0 atom stereocenters. The maximum atomic E-state index is 12.0. The Labute approximate surface area is 100 Å². The molecule has 0 amide bonds. The van der Waals surface area contributed by atoms with Crippen molar-refractivity contribution in [3.8, 4) is 5.75 Å². The van der Waals surface area contributed by atoms with Crippen molar-refractivity contribution < 1.29 is 27.6 Å². The zero-order valence-electron chi connectivity index (χ0n) is 8.08. The number of nitro groups is 1. The van der Waals surface area contributed by atoms with Gasteiger partial charge in [-0.1, -0.05) is 0 Å². The predicted octanol–water partition coefficient (Wildman–Crippen LogP) is 1.56. The van der Waals surface area contributed by atoms with Gasteiger partial charge in [-0.15, -0.1) is 13.2 Å². The van der Waals surface area contributed by atoms with E-state index >= 15 is 0 Å². The van der Waals surface area contributed by atoms with Crippen LogP contribution in [0.3, 0.4) is 0 Å². The van der Waals surface area contributed by atoms with Crippen LogP contribution in [-0.4, -0.2) is 21.5 Å². The second-order valence-electron chi connectivity index (χ2n) is 2.80. The summed E-state index contributed by atoms with van der Waals surface area (Å²) in [6.45, 7) is 0. The lowest BCUT2D eigenvalue weighted by atomic mass is 10.3. The molecule has 0 fully saturated rings. The van der Waals surface area contributed by atoms with Gasteiger partial charge in [0.15, 0.2) is 0 Å². The number of hydrogen-bond acceptors (Lipinski definition) is 5. The summed E-state index contributed by atoms with van der Waals surface area (Å²) in [7, 11) is 0. The van der Waals surface area contributed by atoms with E-state index in [0.29, 0.717) is 6.07 Å². The minimum Gasteiger partial charge on any atom is -0.398 e. The number of nitrogens with zero attached hydrogens (tertiary/aromatic N) is 1. The number of rotatable bonds is 3. The molecule has 18 heavy (non-hydrogen) atoms. The summed E-state index contributed by atoms with van der Waals surface area (Å²) in [5, 5.41) is 9.13. The van der Waals surface area contributed by atoms with Crippen LogP contribution in [0.25, 0.3) is 0 Å². The first-order valence-corrected chi connectivity index (χ1v) is 4.37. The molecule has 98 valence electrons. The maximum Gasteiger partial charge on any atom is 0.573 e. The van der Waals surface area contributed by atoms with E-state index in [2.05, 4.69) is 4.74 Å². The summed E-state index contributed by atoms with van der Waals surface area (Å²) in [5.41, 5.74) is -3.77. The van der Waals surface area contributed by atoms with Gasteiger partial charge in [-0.05, 0) is 11.6 Å². The molecule has 0 bridgehead atoms. The van der Waals surface area contributed by atoms with Crippen LogP contribution >= 0.6 is 11.6 Å². The summed E-state index contributed by atoms with van der Waals surface area (Å²) in [6, 6.07) is 0.322. The van der Waals surface area contributed by atoms with Crippen LogP contribution in [0.2, 0.25) is 0 Å². The lowest BCUT2D eigenvalue weighted by Gasteiger charge is -2.08. The topological polar surface area (TPSA) is 102 Å². The molecule has 1 aromatic rings. The number of H-pyrrole nitrogens is 1. The molecule has 1 heterocycles. The number of carbonyl (C=O) groups excluding carboxylic acids is 1. The number of halogens is 4. The van der Waals surface area contributed by atoms with Gasteiger partial charge in [0.05, 0.1) is 4.92 Å². The molecular formula is C7H2ClF3N2O5. The van der Waals surface area contributed by atoms with Crippen molar-refractivity contribution in [3.05, 3.63) is 32.2 Å². The van der Waals surface area contributed by atoms with Gasteiger partial charge < -0.3 is 9.72 Å². The van der Waals surface area contributed by atoms with Gasteiger partial charge in [0.2, 0.25) is 5.75 Å². The lowest BCUT2D eigenvalue weighted by molar-refractivity contribution is -0.390. The van der Waals surface area contributed by atoms with E-state index in [1.54, 1.807) is 4.98 Å². The molecule has 0 aromatic carbocycles. The lowest BCUT2D eigenvalue weighted by Crippen LogP contribution is -2.22. The third-order valence-corrected chi connectivity index (χ3v) is 1.80. The highest BCUT2D eigenvalue weighted by Crippen LogP contribution is 2.29. The van der Waals surface area contributed by atoms with E-state index in [-0.39, 0.29) is 0 Å². The standard InChI is InChI=1S/C7H2ClF3N2O5/c8-5(14)2-1-3(18-7(9,10)11)4(13(16)17)6(15)12-2/h1H,(H,12,15). The minimum absolute atomic E-state index is 0.322. The Hall–Kier alpha value is -2.10. The fourth-order valence-electron chi connectivity index (χ4n) is 1.01. The zero-order chi connectivity index (χ0) is 14.1. The molecule has 1 N–H and O–H groups in total. The van der Waals surface area contributed by atoms with Crippen molar-refractivity contribution in [1.29, 1.82) is 0 Å². The molecule has 0 unspecified atom stereocenters. The SMILES string of the molecule is O=C(Cl)c1cc(OC(F)(F)F)c([N+](=O)[O-])c(=O)[nH]1. The smallest absolute Gasteiger partial charge is 0.398 e. The molecule has 7 nitrogen and oxygen atoms in total. The second kappa shape index (κ2) is 4.64. The summed E-state index contributed by atoms with van der Waals surface area (Å²) < 4.78 is 39.2. The van der Waals surface area contributed by atoms with Crippen molar-refractivity contribution >= 4 is 22.5 Å². The van der Waals surface area contributed by atoms with Gasteiger partial charge in [0.1, 0.15) is 5.69 Å². The fraction of sp³-hybridized carbons (Fsp3) is 0.143. The molecular weight excluding hydrogens is 285 g/mol. The summed E-state index contributed by atoms with van der Waals surface area (Å²) in [5.74, 6) is -1.42. The third-order valence-electron chi connectivity index (χ3n) is 1.59. The van der Waals surface area contributed by atoms with Gasteiger partial charge in [-0.25, -0.2) is 0 Å². The highest BCUT2D eigenvalue weighted by molar-refractivity contribution is 6.67. The molecule has 1 aromatic heterocycles. The molecule has 0 aliphatic carbocycles. The minimum atomic E-state index is -5.26. The van der Waals surface area contributed by atoms with Crippen LogP contribution < -0.4 is 10.3 Å². The van der Waals surface area contributed by atoms with E-state index < -0.39 is 39.2 Å². The van der Waals surface area contributed by atoms with Crippen molar-refractivity contribution in [3.63, 3.8) is 0 Å². The first-order chi connectivity index (χ1) is 8.11. The number of alkyl halides is 3. The number of hydrogen-bond donors (Lipinski definition) is 1. The average Bonchev–Trinajstić information content (AvgIpc) is 2.12.